The molecule has 1 aromatic carbocycles. The second-order valence-corrected chi connectivity index (χ2v) is 10.4. The third-order valence-electron chi connectivity index (χ3n) is 7.59. The van der Waals surface area contributed by atoms with E-state index >= 15 is 0 Å². The number of aromatic nitrogens is 4. The van der Waals surface area contributed by atoms with Crippen LogP contribution < -0.4 is 11.1 Å². The third-order valence-corrected chi connectivity index (χ3v) is 7.59. The van der Waals surface area contributed by atoms with E-state index in [0.717, 1.165) is 44.5 Å². The number of fused-ring (bicyclic) bond motifs is 1. The summed E-state index contributed by atoms with van der Waals surface area (Å²) >= 11 is 0. The molecule has 0 bridgehead atoms. The fourth-order valence-corrected chi connectivity index (χ4v) is 5.38. The number of halogens is 3. The minimum absolute atomic E-state index is 0.0376. The molecule has 10 nitrogen and oxygen atoms in total. The first-order valence-corrected chi connectivity index (χ1v) is 13.9. The number of hydrogen-bond donors (Lipinski definition) is 2. The van der Waals surface area contributed by atoms with Gasteiger partial charge in [-0.25, -0.2) is 9.67 Å². The van der Waals surface area contributed by atoms with Crippen molar-refractivity contribution < 1.29 is 22.8 Å². The van der Waals surface area contributed by atoms with Crippen LogP contribution >= 0.6 is 0 Å². The number of piperidine rings is 1. The fourth-order valence-electron chi connectivity index (χ4n) is 5.38. The monoisotopic (exact) mass is 590 g/mol. The average Bonchev–Trinajstić information content (AvgIpc) is 3.47. The first-order valence-electron chi connectivity index (χ1n) is 13.9. The molecule has 0 aliphatic carbocycles. The Morgan fingerprint density at radius 3 is 2.58 bits per heavy atom. The maximum absolute atomic E-state index is 14.3. The number of nitriles is 1. The zero-order valence-corrected chi connectivity index (χ0v) is 23.1. The molecule has 3 N–H and O–H groups in total. The highest BCUT2D eigenvalue weighted by molar-refractivity contribution is 6.05. The van der Waals surface area contributed by atoms with Gasteiger partial charge in [-0.3, -0.25) is 14.6 Å². The summed E-state index contributed by atoms with van der Waals surface area (Å²) < 4.78 is 43.6. The van der Waals surface area contributed by atoms with Gasteiger partial charge in [-0.1, -0.05) is 37.1 Å². The number of likely N-dealkylation sites (tertiary alicyclic amines) is 1. The number of benzene rings is 1. The molecule has 1 aliphatic rings. The van der Waals surface area contributed by atoms with Gasteiger partial charge in [0.05, 0.1) is 41.1 Å². The SMILES string of the molecule is N#Cc1cc(NC(=O)c2cnn(-c3cncc4ccccc34)c2C(F)(F)F)cnc1C(=O)N1CCC(CCCCN)CC1. The summed E-state index contributed by atoms with van der Waals surface area (Å²) in [6.07, 6.45) is 4.57. The maximum Gasteiger partial charge on any atom is 0.434 e. The summed E-state index contributed by atoms with van der Waals surface area (Å²) in [6, 6.07) is 9.89. The number of unbranched alkanes of at least 4 members (excludes halogenated alkanes) is 1. The highest BCUT2D eigenvalue weighted by Gasteiger charge is 2.41. The van der Waals surface area contributed by atoms with Gasteiger partial charge in [0.25, 0.3) is 11.8 Å². The molecule has 0 unspecified atom stereocenters. The lowest BCUT2D eigenvalue weighted by atomic mass is 9.91. The van der Waals surface area contributed by atoms with Crippen LogP contribution in [0.2, 0.25) is 0 Å². The van der Waals surface area contributed by atoms with Crippen molar-refractivity contribution in [3.8, 4) is 11.8 Å². The Balaban J connectivity index is 1.35. The fraction of sp³-hybridized carbons (Fsp3) is 0.333. The number of amides is 2. The molecule has 5 rings (SSSR count). The van der Waals surface area contributed by atoms with E-state index in [1.54, 1.807) is 29.2 Å². The quantitative estimate of drug-likeness (QED) is 0.277. The summed E-state index contributed by atoms with van der Waals surface area (Å²) in [4.78, 5) is 36.0. The summed E-state index contributed by atoms with van der Waals surface area (Å²) in [5.74, 6) is -0.994. The summed E-state index contributed by atoms with van der Waals surface area (Å²) in [6.45, 7) is 1.73. The predicted molar refractivity (Wildman–Crippen MR) is 152 cm³/mol. The van der Waals surface area contributed by atoms with Crippen LogP contribution in [0.1, 0.15) is 64.2 Å². The summed E-state index contributed by atoms with van der Waals surface area (Å²) in [7, 11) is 0. The predicted octanol–water partition coefficient (Wildman–Crippen LogP) is 4.94. The number of anilines is 1. The molecule has 222 valence electrons. The molecular weight excluding hydrogens is 561 g/mol. The van der Waals surface area contributed by atoms with E-state index in [9.17, 15) is 28.0 Å². The second-order valence-electron chi connectivity index (χ2n) is 10.4. The third kappa shape index (κ3) is 6.34. The Morgan fingerprint density at radius 2 is 1.86 bits per heavy atom. The lowest BCUT2D eigenvalue weighted by Crippen LogP contribution is -2.39. The molecule has 3 aromatic heterocycles. The Labute approximate surface area is 245 Å². The van der Waals surface area contributed by atoms with Crippen molar-refractivity contribution in [2.75, 3.05) is 25.0 Å². The molecule has 0 radical (unpaired) electrons. The molecule has 43 heavy (non-hydrogen) atoms. The molecule has 1 fully saturated rings. The minimum atomic E-state index is -4.94. The van der Waals surface area contributed by atoms with E-state index in [1.165, 1.54) is 18.5 Å². The average molecular weight is 591 g/mol. The first kappa shape index (κ1) is 29.7. The van der Waals surface area contributed by atoms with Crippen LogP contribution in [-0.4, -0.2) is 56.1 Å². The van der Waals surface area contributed by atoms with Crippen molar-refractivity contribution in [3.63, 3.8) is 0 Å². The summed E-state index contributed by atoms with van der Waals surface area (Å²) in [5, 5.41) is 17.0. The molecule has 2 amide bonds. The number of hydrogen-bond acceptors (Lipinski definition) is 7. The van der Waals surface area contributed by atoms with Crippen LogP contribution in [0, 0.1) is 17.2 Å². The second kappa shape index (κ2) is 12.6. The maximum atomic E-state index is 14.3. The Hall–Kier alpha value is -4.83. The van der Waals surface area contributed by atoms with Gasteiger partial charge in [0.1, 0.15) is 11.8 Å². The topological polar surface area (TPSA) is 143 Å². The highest BCUT2D eigenvalue weighted by atomic mass is 19.4. The van der Waals surface area contributed by atoms with Gasteiger partial charge < -0.3 is 16.0 Å². The number of nitrogens with one attached hydrogen (secondary N) is 1. The number of nitrogens with zero attached hydrogens (tertiary/aromatic N) is 6. The van der Waals surface area contributed by atoms with Crippen molar-refractivity contribution in [3.05, 3.63) is 77.6 Å². The molecular formula is C30H29F3N8O2. The minimum Gasteiger partial charge on any atom is -0.337 e. The van der Waals surface area contributed by atoms with Crippen LogP contribution in [0.25, 0.3) is 16.5 Å². The van der Waals surface area contributed by atoms with Crippen LogP contribution in [0.4, 0.5) is 18.9 Å². The zero-order chi connectivity index (χ0) is 30.6. The normalized spacial score (nSPS) is 14.1. The van der Waals surface area contributed by atoms with Gasteiger partial charge in [0.2, 0.25) is 0 Å². The van der Waals surface area contributed by atoms with Gasteiger partial charge >= 0.3 is 6.18 Å². The van der Waals surface area contributed by atoms with E-state index in [2.05, 4.69) is 20.4 Å². The number of pyridine rings is 2. The molecule has 0 saturated carbocycles. The Morgan fingerprint density at radius 1 is 1.09 bits per heavy atom. The number of carbonyl (C=O) groups is 2. The Kier molecular flexibility index (Phi) is 8.68. The first-order chi connectivity index (χ1) is 20.7. The number of rotatable bonds is 8. The standard InChI is InChI=1S/C30H29F3N8O2/c31-30(32,33)27-24(17-38-41(27)25-18-36-15-20-6-1-2-7-23(20)25)28(42)39-22-13-21(14-35)26(37-16-22)29(43)40-11-8-19(9-12-40)5-3-4-10-34/h1-2,6-7,13,15-19H,3-5,8-12,34H2,(H,39,42). The van der Waals surface area contributed by atoms with Crippen LogP contribution in [-0.2, 0) is 6.18 Å². The van der Waals surface area contributed by atoms with E-state index < -0.39 is 29.2 Å². The molecule has 1 aliphatic heterocycles. The van der Waals surface area contributed by atoms with Gasteiger partial charge in [0.15, 0.2) is 5.69 Å². The van der Waals surface area contributed by atoms with Gasteiger partial charge in [-0.15, -0.1) is 0 Å². The molecule has 4 aromatic rings. The number of nitrogens with two attached hydrogens (primary N) is 1. The van der Waals surface area contributed by atoms with E-state index in [0.29, 0.717) is 41.0 Å². The smallest absolute Gasteiger partial charge is 0.337 e. The molecule has 1 saturated heterocycles. The van der Waals surface area contributed by atoms with Crippen LogP contribution in [0.5, 0.6) is 0 Å². The van der Waals surface area contributed by atoms with Gasteiger partial charge in [-0.05, 0) is 37.8 Å². The lowest BCUT2D eigenvalue weighted by molar-refractivity contribution is -0.143. The van der Waals surface area contributed by atoms with Gasteiger partial charge in [0, 0.05) is 30.1 Å². The van der Waals surface area contributed by atoms with Gasteiger partial charge in [-0.2, -0.15) is 23.5 Å². The molecule has 0 atom stereocenters. The molecule has 0 spiro atoms. The number of carbonyl (C=O) groups excluding carboxylic acids is 2. The summed E-state index contributed by atoms with van der Waals surface area (Å²) in [5.41, 5.74) is 3.40. The van der Waals surface area contributed by atoms with Crippen molar-refractivity contribution in [1.29, 1.82) is 5.26 Å². The van der Waals surface area contributed by atoms with Crippen molar-refractivity contribution in [2.24, 2.45) is 11.7 Å². The Bertz CT molecular complexity index is 1680. The molecule has 13 heteroatoms. The van der Waals surface area contributed by atoms with E-state index in [4.69, 9.17) is 5.73 Å². The van der Waals surface area contributed by atoms with Crippen molar-refractivity contribution in [1.82, 2.24) is 24.6 Å². The van der Waals surface area contributed by atoms with Crippen molar-refractivity contribution in [2.45, 2.75) is 38.3 Å². The molecule has 4 heterocycles. The largest absolute Gasteiger partial charge is 0.434 e. The van der Waals surface area contributed by atoms with E-state index in [1.807, 2.05) is 6.07 Å². The van der Waals surface area contributed by atoms with Crippen LogP contribution in [0.15, 0.2) is 55.1 Å². The zero-order valence-electron chi connectivity index (χ0n) is 23.1. The van der Waals surface area contributed by atoms with E-state index in [-0.39, 0.29) is 22.6 Å². The number of alkyl halides is 3. The van der Waals surface area contributed by atoms with Crippen LogP contribution in [0.3, 0.4) is 0 Å². The lowest BCUT2D eigenvalue weighted by Gasteiger charge is -2.32. The van der Waals surface area contributed by atoms with Crippen molar-refractivity contribution >= 4 is 28.3 Å². The highest BCUT2D eigenvalue weighted by Crippen LogP contribution is 2.35.